The van der Waals surface area contributed by atoms with E-state index in [9.17, 15) is 24.4 Å². The van der Waals surface area contributed by atoms with Crippen molar-refractivity contribution in [1.82, 2.24) is 5.09 Å². The number of para-hydroxylation sites is 1. The quantitative estimate of drug-likeness (QED) is 0.124. The van der Waals surface area contributed by atoms with Crippen LogP contribution < -0.4 is 32.3 Å². The first-order valence-corrected chi connectivity index (χ1v) is 11.8. The van der Waals surface area contributed by atoms with E-state index in [-0.39, 0.29) is 30.3 Å². The van der Waals surface area contributed by atoms with Crippen molar-refractivity contribution in [2.75, 3.05) is 20.3 Å². The van der Waals surface area contributed by atoms with Gasteiger partial charge in [0.25, 0.3) is 12.1 Å². The van der Waals surface area contributed by atoms with Gasteiger partial charge in [-0.15, -0.1) is 0 Å². The Hall–Kier alpha value is -2.41. The number of hydrogen-bond donors (Lipinski definition) is 4. The molecule has 35 heavy (non-hydrogen) atoms. The molecule has 6 atom stereocenters. The van der Waals surface area contributed by atoms with E-state index >= 15 is 0 Å². The summed E-state index contributed by atoms with van der Waals surface area (Å²) in [6, 6.07) is 10.2. The summed E-state index contributed by atoms with van der Waals surface area (Å²) >= 11 is 0. The Kier molecular flexibility index (Phi) is 10.7. The van der Waals surface area contributed by atoms with Gasteiger partial charge in [0.2, 0.25) is 0 Å². The molecule has 1 amide bonds. The third-order valence-corrected chi connectivity index (χ3v) is 6.54. The van der Waals surface area contributed by atoms with E-state index in [1.165, 1.54) is 36.2 Å². The van der Waals surface area contributed by atoms with Gasteiger partial charge >= 0.3 is 7.75 Å². The molecule has 0 radical (unpaired) electrons. The van der Waals surface area contributed by atoms with E-state index in [0.29, 0.717) is 6.29 Å². The Morgan fingerprint density at radius 2 is 1.97 bits per heavy atom. The number of carbonyl (C=O) groups is 2. The average molecular weight is 532 g/mol. The van der Waals surface area contributed by atoms with Crippen molar-refractivity contribution in [2.45, 2.75) is 30.6 Å². The van der Waals surface area contributed by atoms with Gasteiger partial charge in [-0.05, 0) is 18.2 Å². The van der Waals surface area contributed by atoms with Crippen LogP contribution in [-0.2, 0) is 23.4 Å². The number of benzene rings is 1. The smallest absolute Gasteiger partial charge is 0.459 e. The summed E-state index contributed by atoms with van der Waals surface area (Å²) in [4.78, 5) is 22.8. The minimum atomic E-state index is -4.16. The molecule has 3 rings (SSSR count). The van der Waals surface area contributed by atoms with Crippen molar-refractivity contribution in [3.63, 3.8) is 0 Å². The van der Waals surface area contributed by atoms with Gasteiger partial charge < -0.3 is 47.1 Å². The Balaban J connectivity index is 0.00000432. The lowest BCUT2D eigenvalue weighted by Crippen LogP contribution is -3.00. The monoisotopic (exact) mass is 531 g/mol. The summed E-state index contributed by atoms with van der Waals surface area (Å²) in [6.07, 6.45) is -1.59. The molecule has 1 unspecified atom stereocenters. The fourth-order valence-electron chi connectivity index (χ4n) is 3.28. The van der Waals surface area contributed by atoms with Crippen LogP contribution in [-0.4, -0.2) is 67.1 Å². The number of pyridine rings is 1. The topological polar surface area (TPSA) is 171 Å². The highest BCUT2D eigenvalue weighted by Crippen LogP contribution is 2.45. The van der Waals surface area contributed by atoms with Gasteiger partial charge in [-0.3, -0.25) is 9.32 Å². The zero-order valence-electron chi connectivity index (χ0n) is 18.7. The molecule has 14 heteroatoms. The number of ether oxygens (including phenoxy) is 2. The van der Waals surface area contributed by atoms with Crippen LogP contribution in [0.3, 0.4) is 0 Å². The highest BCUT2D eigenvalue weighted by Gasteiger charge is 2.49. The van der Waals surface area contributed by atoms with Crippen LogP contribution in [0.4, 0.5) is 0 Å². The van der Waals surface area contributed by atoms with Crippen molar-refractivity contribution < 1.29 is 59.9 Å². The number of halogens is 1. The predicted molar refractivity (Wildman–Crippen MR) is 117 cm³/mol. The summed E-state index contributed by atoms with van der Waals surface area (Å²) in [5, 5.41) is 23.5. The number of methoxy groups -OCH3 is 1. The van der Waals surface area contributed by atoms with Crippen molar-refractivity contribution in [3.05, 3.63) is 60.4 Å². The Labute approximate surface area is 207 Å². The number of amides is 1. The van der Waals surface area contributed by atoms with E-state index in [2.05, 4.69) is 5.09 Å². The van der Waals surface area contributed by atoms with Crippen LogP contribution in [0.15, 0.2) is 54.9 Å². The number of aldehydes is 1. The second-order valence-electron chi connectivity index (χ2n) is 7.47. The van der Waals surface area contributed by atoms with E-state index in [0.717, 1.165) is 0 Å². The van der Waals surface area contributed by atoms with E-state index < -0.39 is 50.8 Å². The second kappa shape index (κ2) is 13.1. The van der Waals surface area contributed by atoms with Crippen molar-refractivity contribution in [3.8, 4) is 5.75 Å². The molecule has 0 saturated carbocycles. The summed E-state index contributed by atoms with van der Waals surface area (Å²) in [7, 11) is -2.78. The van der Waals surface area contributed by atoms with Gasteiger partial charge in [-0.25, -0.2) is 4.57 Å². The number of nitrogens with one attached hydrogen (secondary N) is 1. The second-order valence-corrected chi connectivity index (χ2v) is 9.17. The summed E-state index contributed by atoms with van der Waals surface area (Å²) in [5.41, 5.74) is 5.47. The third kappa shape index (κ3) is 7.53. The molecule has 1 aromatic heterocycles. The van der Waals surface area contributed by atoms with Crippen LogP contribution in [0.5, 0.6) is 5.75 Å². The molecule has 1 aromatic carbocycles. The number of aliphatic hydroxyl groups excluding tert-OH is 2. The van der Waals surface area contributed by atoms with E-state index in [1.54, 1.807) is 30.3 Å². The largest absolute Gasteiger partial charge is 1.00 e. The SMILES string of the molecule is COC[C@@H](C=O)NP(=O)(OC[C@H]1O[C@@H]([n+]2cccc(C(N)=O)c2)[C@H](O)[C@@H]1O)Oc1ccccc1.[Cl-]. The molecule has 0 aliphatic carbocycles. The summed E-state index contributed by atoms with van der Waals surface area (Å²) in [6.45, 7) is -0.550. The third-order valence-electron chi connectivity index (χ3n) is 4.95. The van der Waals surface area contributed by atoms with Crippen LogP contribution in [0, 0.1) is 0 Å². The van der Waals surface area contributed by atoms with Gasteiger partial charge in [0.05, 0.1) is 19.3 Å². The van der Waals surface area contributed by atoms with Crippen LogP contribution in [0.25, 0.3) is 0 Å². The molecule has 0 spiro atoms. The number of primary amides is 1. The lowest BCUT2D eigenvalue weighted by atomic mass is 10.1. The minimum Gasteiger partial charge on any atom is -1.00 e. The standard InChI is InChI=1S/C21H26N3O9P.ClH/c1-30-12-15(11-25)23-34(29,33-16-7-3-2-4-8-16)31-13-17-18(26)19(27)21(32-17)24-9-5-6-14(10-24)20(22)28;/h2-11,15,17-19,21,26-27H,12-13H2,1H3,(H2-,22,23,28,29);1H/t15-,17-,18-,19-,21-,34?;/m1./s1. The maximum absolute atomic E-state index is 13.4. The highest BCUT2D eigenvalue weighted by atomic mass is 35.5. The molecular weight excluding hydrogens is 505 g/mol. The zero-order chi connectivity index (χ0) is 24.7. The van der Waals surface area contributed by atoms with Gasteiger partial charge in [0.15, 0.2) is 18.5 Å². The van der Waals surface area contributed by atoms with Crippen LogP contribution in [0.1, 0.15) is 16.6 Å². The minimum absolute atomic E-state index is 0. The van der Waals surface area contributed by atoms with Crippen LogP contribution >= 0.6 is 7.75 Å². The fraction of sp³-hybridized carbons (Fsp3) is 0.381. The predicted octanol–water partition coefficient (Wildman–Crippen LogP) is -3.30. The number of carbonyl (C=O) groups excluding carboxylic acids is 2. The molecule has 12 nitrogen and oxygen atoms in total. The lowest BCUT2D eigenvalue weighted by molar-refractivity contribution is -0.765. The van der Waals surface area contributed by atoms with E-state index in [1.807, 2.05) is 0 Å². The zero-order valence-corrected chi connectivity index (χ0v) is 20.3. The number of nitrogens with zero attached hydrogens (tertiary/aromatic N) is 1. The Morgan fingerprint density at radius 1 is 1.26 bits per heavy atom. The average Bonchev–Trinajstić information content (AvgIpc) is 3.12. The molecule has 1 fully saturated rings. The summed E-state index contributed by atoms with van der Waals surface area (Å²) in [5.74, 6) is -0.460. The number of hydrogen-bond acceptors (Lipinski definition) is 9. The Bertz CT molecular complexity index is 1030. The fourth-order valence-corrected chi connectivity index (χ4v) is 4.75. The maximum atomic E-state index is 13.4. The van der Waals surface area contributed by atoms with Crippen LogP contribution in [0.2, 0.25) is 0 Å². The Morgan fingerprint density at radius 3 is 2.60 bits per heavy atom. The first-order chi connectivity index (χ1) is 16.3. The molecule has 192 valence electrons. The number of aliphatic hydroxyl groups is 2. The van der Waals surface area contributed by atoms with Crippen molar-refractivity contribution in [2.24, 2.45) is 5.73 Å². The first-order valence-electron chi connectivity index (χ1n) is 10.3. The molecular formula is C21H27ClN3O9P. The molecule has 1 aliphatic heterocycles. The molecule has 2 aromatic rings. The molecule has 1 aliphatic rings. The highest BCUT2D eigenvalue weighted by molar-refractivity contribution is 7.52. The molecule has 5 N–H and O–H groups in total. The van der Waals surface area contributed by atoms with Crippen molar-refractivity contribution >= 4 is 19.9 Å². The normalized spacial score (nSPS) is 24.1. The lowest BCUT2D eigenvalue weighted by Gasteiger charge is -2.24. The maximum Gasteiger partial charge on any atom is 0.459 e. The number of aromatic nitrogens is 1. The number of nitrogens with two attached hydrogens (primary N) is 1. The van der Waals surface area contributed by atoms with Crippen molar-refractivity contribution in [1.29, 1.82) is 0 Å². The first kappa shape index (κ1) is 28.8. The molecule has 0 bridgehead atoms. The molecule has 1 saturated heterocycles. The van der Waals surface area contributed by atoms with Gasteiger partial charge in [0, 0.05) is 13.2 Å². The number of rotatable bonds is 12. The van der Waals surface area contributed by atoms with E-state index in [4.69, 9.17) is 24.3 Å². The summed E-state index contributed by atoms with van der Waals surface area (Å²) < 4.78 is 36.4. The van der Waals surface area contributed by atoms with Gasteiger partial charge in [-0.2, -0.15) is 9.65 Å². The molecule has 2 heterocycles. The van der Waals surface area contributed by atoms with Gasteiger partial charge in [0.1, 0.15) is 29.8 Å². The van der Waals surface area contributed by atoms with Gasteiger partial charge in [-0.1, -0.05) is 18.2 Å².